The number of benzene rings is 2. The summed E-state index contributed by atoms with van der Waals surface area (Å²) in [6.45, 7) is 1.70. The number of fused-ring (bicyclic) bond motifs is 3. The van der Waals surface area contributed by atoms with Crippen molar-refractivity contribution in [2.75, 3.05) is 24.5 Å². The van der Waals surface area contributed by atoms with Gasteiger partial charge >= 0.3 is 0 Å². The van der Waals surface area contributed by atoms with Crippen molar-refractivity contribution in [1.29, 1.82) is 0 Å². The summed E-state index contributed by atoms with van der Waals surface area (Å²) >= 11 is 3.72. The molecule has 1 saturated carbocycles. The number of anilines is 1. The minimum Gasteiger partial charge on any atom is -0.490 e. The molecule has 2 fully saturated rings. The fourth-order valence-corrected chi connectivity index (χ4v) is 6.63. The predicted molar refractivity (Wildman–Crippen MR) is 133 cm³/mol. The third-order valence-electron chi connectivity index (χ3n) is 7.67. The Morgan fingerprint density at radius 1 is 1.18 bits per heavy atom. The van der Waals surface area contributed by atoms with Gasteiger partial charge in [-0.3, -0.25) is 14.7 Å². The number of amides is 2. The van der Waals surface area contributed by atoms with Crippen molar-refractivity contribution in [1.82, 2.24) is 15.1 Å². The van der Waals surface area contributed by atoms with Gasteiger partial charge in [-0.25, -0.2) is 0 Å². The van der Waals surface area contributed by atoms with E-state index in [1.54, 1.807) is 11.1 Å². The second-order valence-electron chi connectivity index (χ2n) is 9.63. The first-order valence-corrected chi connectivity index (χ1v) is 12.8. The molecule has 1 N–H and O–H groups in total. The molecule has 8 heteroatoms. The SMILES string of the molecule is O=C(CN1C(=O)C2(CCC(Oc3ccc4[nH]ncc4c3)CC2)c2c(Br)cccc21)N1CCCC1. The number of ether oxygens (including phenoxy) is 1. The lowest BCUT2D eigenvalue weighted by Gasteiger charge is -2.36. The van der Waals surface area contributed by atoms with Crippen molar-refractivity contribution >= 4 is 44.3 Å². The Labute approximate surface area is 206 Å². The Kier molecular flexibility index (Phi) is 5.36. The highest BCUT2D eigenvalue weighted by Crippen LogP contribution is 2.53. The normalized spacial score (nSPS) is 24.3. The van der Waals surface area contributed by atoms with Gasteiger partial charge in [0, 0.05) is 34.2 Å². The van der Waals surface area contributed by atoms with Gasteiger partial charge in [-0.15, -0.1) is 0 Å². The number of carbonyl (C=O) groups is 2. The Balaban J connectivity index is 1.22. The number of H-pyrrole nitrogens is 1. The number of aromatic nitrogens is 2. The first-order valence-electron chi connectivity index (χ1n) is 12.0. The summed E-state index contributed by atoms with van der Waals surface area (Å²) in [6, 6.07) is 11.9. The summed E-state index contributed by atoms with van der Waals surface area (Å²) in [5.41, 5.74) is 2.29. The molecule has 176 valence electrons. The molecule has 2 aliphatic heterocycles. The Bertz CT molecular complexity index is 1260. The Morgan fingerprint density at radius 2 is 1.97 bits per heavy atom. The summed E-state index contributed by atoms with van der Waals surface area (Å²) in [4.78, 5) is 30.5. The van der Waals surface area contributed by atoms with Crippen LogP contribution in [0.2, 0.25) is 0 Å². The van der Waals surface area contributed by atoms with Crippen LogP contribution >= 0.6 is 15.9 Å². The quantitative estimate of drug-likeness (QED) is 0.544. The molecule has 1 aliphatic carbocycles. The van der Waals surface area contributed by atoms with Gasteiger partial charge in [0.2, 0.25) is 11.8 Å². The largest absolute Gasteiger partial charge is 0.490 e. The number of carbonyl (C=O) groups excluding carboxylic acids is 2. The fraction of sp³-hybridized carbons (Fsp3) is 0.423. The second kappa shape index (κ2) is 8.41. The van der Waals surface area contributed by atoms with Crippen molar-refractivity contribution in [2.24, 2.45) is 0 Å². The van der Waals surface area contributed by atoms with Gasteiger partial charge in [-0.1, -0.05) is 22.0 Å². The minimum atomic E-state index is -0.602. The van der Waals surface area contributed by atoms with E-state index in [9.17, 15) is 9.59 Å². The molecule has 0 unspecified atom stereocenters. The average Bonchev–Trinajstić information content (AvgIpc) is 3.58. The Morgan fingerprint density at radius 3 is 2.76 bits per heavy atom. The van der Waals surface area contributed by atoms with Crippen LogP contribution in [0, 0.1) is 0 Å². The lowest BCUT2D eigenvalue weighted by atomic mass is 9.69. The van der Waals surface area contributed by atoms with Gasteiger partial charge in [-0.05, 0) is 68.9 Å². The molecule has 3 heterocycles. The summed E-state index contributed by atoms with van der Waals surface area (Å²) in [5, 5.41) is 8.05. The van der Waals surface area contributed by atoms with Crippen LogP contribution in [0.4, 0.5) is 5.69 Å². The highest BCUT2D eigenvalue weighted by Gasteiger charge is 2.53. The highest BCUT2D eigenvalue weighted by molar-refractivity contribution is 9.10. The molecule has 2 aromatic carbocycles. The molecule has 1 spiro atoms. The molecule has 3 aliphatic rings. The van der Waals surface area contributed by atoms with Crippen LogP contribution in [-0.2, 0) is 15.0 Å². The highest BCUT2D eigenvalue weighted by atomic mass is 79.9. The molecular weight excluding hydrogens is 496 g/mol. The van der Waals surface area contributed by atoms with Crippen molar-refractivity contribution in [2.45, 2.75) is 50.0 Å². The number of nitrogens with zero attached hydrogens (tertiary/aromatic N) is 3. The van der Waals surface area contributed by atoms with E-state index in [1.165, 1.54) is 0 Å². The van der Waals surface area contributed by atoms with Gasteiger partial charge in [0.25, 0.3) is 0 Å². The van der Waals surface area contributed by atoms with Crippen LogP contribution < -0.4 is 9.64 Å². The molecule has 1 saturated heterocycles. The first kappa shape index (κ1) is 21.6. The number of hydrogen-bond acceptors (Lipinski definition) is 4. The van der Waals surface area contributed by atoms with E-state index in [1.807, 2.05) is 41.3 Å². The summed E-state index contributed by atoms with van der Waals surface area (Å²) in [6.07, 6.45) is 6.90. The van der Waals surface area contributed by atoms with Gasteiger partial charge in [0.1, 0.15) is 12.3 Å². The van der Waals surface area contributed by atoms with Crippen LogP contribution in [0.3, 0.4) is 0 Å². The van der Waals surface area contributed by atoms with Crippen LogP contribution in [-0.4, -0.2) is 52.6 Å². The first-order chi connectivity index (χ1) is 16.5. The molecule has 0 atom stereocenters. The third-order valence-corrected chi connectivity index (χ3v) is 8.33. The summed E-state index contributed by atoms with van der Waals surface area (Å²) in [7, 11) is 0. The van der Waals surface area contributed by atoms with Crippen LogP contribution in [0.5, 0.6) is 5.75 Å². The molecule has 0 radical (unpaired) electrons. The van der Waals surface area contributed by atoms with Crippen molar-refractivity contribution < 1.29 is 14.3 Å². The monoisotopic (exact) mass is 522 g/mol. The van der Waals surface area contributed by atoms with Gasteiger partial charge < -0.3 is 14.5 Å². The van der Waals surface area contributed by atoms with Crippen molar-refractivity contribution in [3.63, 3.8) is 0 Å². The smallest absolute Gasteiger partial charge is 0.242 e. The van der Waals surface area contributed by atoms with Crippen molar-refractivity contribution in [3.05, 3.63) is 52.6 Å². The van der Waals surface area contributed by atoms with E-state index in [0.717, 1.165) is 71.1 Å². The second-order valence-corrected chi connectivity index (χ2v) is 10.5. The molecule has 34 heavy (non-hydrogen) atoms. The summed E-state index contributed by atoms with van der Waals surface area (Å²) in [5.74, 6) is 0.924. The maximum Gasteiger partial charge on any atom is 0.242 e. The standard InChI is InChI=1S/C26H27BrN4O3/c27-20-4-3-5-22-24(20)26(25(33)31(22)16-23(32)30-12-1-2-13-30)10-8-18(9-11-26)34-19-6-7-21-17(14-19)15-28-29-21/h3-7,14-15,18H,1-2,8-13,16H2,(H,28,29). The third kappa shape index (κ3) is 3.50. The predicted octanol–water partition coefficient (Wildman–Crippen LogP) is 4.55. The summed E-state index contributed by atoms with van der Waals surface area (Å²) < 4.78 is 7.25. The zero-order chi connectivity index (χ0) is 23.3. The van der Waals surface area contributed by atoms with E-state index < -0.39 is 5.41 Å². The van der Waals surface area contributed by atoms with Gasteiger partial charge in [0.05, 0.1) is 23.2 Å². The zero-order valence-electron chi connectivity index (χ0n) is 18.9. The number of hydrogen-bond donors (Lipinski definition) is 1. The van der Waals surface area contributed by atoms with Crippen LogP contribution in [0.1, 0.15) is 44.1 Å². The van der Waals surface area contributed by atoms with E-state index in [2.05, 4.69) is 26.1 Å². The topological polar surface area (TPSA) is 78.5 Å². The minimum absolute atomic E-state index is 0.0421. The average molecular weight is 523 g/mol. The maximum atomic E-state index is 13.9. The maximum absolute atomic E-state index is 13.9. The molecule has 6 rings (SSSR count). The molecule has 2 amide bonds. The fourth-order valence-electron chi connectivity index (χ4n) is 5.90. The van der Waals surface area contributed by atoms with Crippen LogP contribution in [0.15, 0.2) is 47.1 Å². The Hall–Kier alpha value is -2.87. The molecule has 0 bridgehead atoms. The number of nitrogens with one attached hydrogen (secondary N) is 1. The molecule has 3 aromatic rings. The molecular formula is C26H27BrN4O3. The van der Waals surface area contributed by atoms with E-state index in [4.69, 9.17) is 4.74 Å². The van der Waals surface area contributed by atoms with Crippen molar-refractivity contribution in [3.8, 4) is 5.75 Å². The lowest BCUT2D eigenvalue weighted by Crippen LogP contribution is -2.47. The number of rotatable bonds is 4. The van der Waals surface area contributed by atoms with Gasteiger partial charge in [0.15, 0.2) is 0 Å². The van der Waals surface area contributed by atoms with E-state index in [-0.39, 0.29) is 24.5 Å². The van der Waals surface area contributed by atoms with E-state index >= 15 is 0 Å². The molecule has 7 nitrogen and oxygen atoms in total. The van der Waals surface area contributed by atoms with E-state index in [0.29, 0.717) is 12.8 Å². The number of aromatic amines is 1. The van der Waals surface area contributed by atoms with Gasteiger partial charge in [-0.2, -0.15) is 5.10 Å². The lowest BCUT2D eigenvalue weighted by molar-refractivity contribution is -0.131. The zero-order valence-corrected chi connectivity index (χ0v) is 20.5. The van der Waals surface area contributed by atoms with Crippen LogP contribution in [0.25, 0.3) is 10.9 Å². The number of halogens is 1. The number of likely N-dealkylation sites (tertiary alicyclic amines) is 1. The molecule has 1 aromatic heterocycles.